The van der Waals surface area contributed by atoms with Crippen molar-refractivity contribution >= 4 is 11.7 Å². The van der Waals surface area contributed by atoms with Crippen LogP contribution in [0.3, 0.4) is 0 Å². The normalized spacial score (nSPS) is 10.5. The SMILES string of the molecule is O=C(NCc1c(F)cccc1OC(F)F)Nc1cccc(Oc2ccncc2)c1. The van der Waals surface area contributed by atoms with Crippen LogP contribution < -0.4 is 20.1 Å². The zero-order chi connectivity index (χ0) is 20.6. The minimum absolute atomic E-state index is 0.183. The maximum Gasteiger partial charge on any atom is 0.387 e. The van der Waals surface area contributed by atoms with Gasteiger partial charge in [-0.2, -0.15) is 8.78 Å². The van der Waals surface area contributed by atoms with Gasteiger partial charge in [-0.3, -0.25) is 4.98 Å². The molecule has 2 aromatic carbocycles. The van der Waals surface area contributed by atoms with Crippen LogP contribution in [0.1, 0.15) is 5.56 Å². The Kier molecular flexibility index (Phi) is 6.51. The largest absolute Gasteiger partial charge is 0.457 e. The summed E-state index contributed by atoms with van der Waals surface area (Å²) in [4.78, 5) is 16.0. The third kappa shape index (κ3) is 5.86. The predicted octanol–water partition coefficient (Wildman–Crippen LogP) is 4.94. The Balaban J connectivity index is 1.61. The number of amides is 2. The second-order valence-electron chi connectivity index (χ2n) is 5.72. The molecule has 3 rings (SSSR count). The van der Waals surface area contributed by atoms with Gasteiger partial charge in [-0.05, 0) is 36.4 Å². The van der Waals surface area contributed by atoms with E-state index in [9.17, 15) is 18.0 Å². The summed E-state index contributed by atoms with van der Waals surface area (Å²) in [6.07, 6.45) is 3.17. The summed E-state index contributed by atoms with van der Waals surface area (Å²) in [6, 6.07) is 12.8. The molecule has 0 unspecified atom stereocenters. The fourth-order valence-corrected chi connectivity index (χ4v) is 2.44. The van der Waals surface area contributed by atoms with Gasteiger partial charge in [0.05, 0.1) is 6.54 Å². The molecule has 0 radical (unpaired) electrons. The minimum Gasteiger partial charge on any atom is -0.457 e. The number of pyridine rings is 1. The lowest BCUT2D eigenvalue weighted by atomic mass is 10.2. The number of rotatable bonds is 7. The lowest BCUT2D eigenvalue weighted by molar-refractivity contribution is -0.0506. The van der Waals surface area contributed by atoms with Gasteiger partial charge in [0.25, 0.3) is 0 Å². The third-order valence-electron chi connectivity index (χ3n) is 3.69. The van der Waals surface area contributed by atoms with Crippen LogP contribution in [-0.4, -0.2) is 17.6 Å². The maximum absolute atomic E-state index is 13.9. The van der Waals surface area contributed by atoms with Crippen LogP contribution in [0.5, 0.6) is 17.2 Å². The van der Waals surface area contributed by atoms with E-state index in [1.165, 1.54) is 12.1 Å². The third-order valence-corrected chi connectivity index (χ3v) is 3.69. The second-order valence-corrected chi connectivity index (χ2v) is 5.72. The van der Waals surface area contributed by atoms with E-state index in [1.54, 1.807) is 48.8 Å². The van der Waals surface area contributed by atoms with E-state index in [0.29, 0.717) is 17.2 Å². The average Bonchev–Trinajstić information content (AvgIpc) is 2.68. The van der Waals surface area contributed by atoms with E-state index in [2.05, 4.69) is 20.4 Å². The zero-order valence-electron chi connectivity index (χ0n) is 14.9. The molecule has 3 aromatic rings. The van der Waals surface area contributed by atoms with Crippen LogP contribution in [0.25, 0.3) is 0 Å². The summed E-state index contributed by atoms with van der Waals surface area (Å²) in [5, 5.41) is 4.97. The first-order valence-corrected chi connectivity index (χ1v) is 8.46. The molecule has 0 bridgehead atoms. The van der Waals surface area contributed by atoms with E-state index >= 15 is 0 Å². The molecular formula is C20H16F3N3O3. The molecular weight excluding hydrogens is 387 g/mol. The minimum atomic E-state index is -3.10. The Morgan fingerprint density at radius 2 is 1.79 bits per heavy atom. The number of hydrogen-bond acceptors (Lipinski definition) is 4. The van der Waals surface area contributed by atoms with Crippen molar-refractivity contribution in [3.05, 3.63) is 78.4 Å². The van der Waals surface area contributed by atoms with Crippen molar-refractivity contribution in [1.29, 1.82) is 0 Å². The molecule has 1 aromatic heterocycles. The zero-order valence-corrected chi connectivity index (χ0v) is 14.9. The van der Waals surface area contributed by atoms with Gasteiger partial charge in [0, 0.05) is 29.7 Å². The summed E-state index contributed by atoms with van der Waals surface area (Å²) < 4.78 is 48.8. The van der Waals surface area contributed by atoms with Crippen molar-refractivity contribution < 1.29 is 27.4 Å². The molecule has 6 nitrogen and oxygen atoms in total. The molecule has 0 aliphatic rings. The van der Waals surface area contributed by atoms with Gasteiger partial charge in [0.2, 0.25) is 0 Å². The van der Waals surface area contributed by atoms with E-state index in [-0.39, 0.29) is 17.9 Å². The number of nitrogens with zero attached hydrogens (tertiary/aromatic N) is 1. The molecule has 0 saturated heterocycles. The number of halogens is 3. The first kappa shape index (κ1) is 20.0. The van der Waals surface area contributed by atoms with Crippen LogP contribution in [-0.2, 0) is 6.54 Å². The van der Waals surface area contributed by atoms with E-state index in [4.69, 9.17) is 4.74 Å². The summed E-state index contributed by atoms with van der Waals surface area (Å²) >= 11 is 0. The molecule has 0 spiro atoms. The molecule has 2 amide bonds. The standard InChI is InChI=1S/C20H16F3N3O3/c21-17-5-2-6-18(29-19(22)23)16(17)12-25-20(27)26-13-3-1-4-15(11-13)28-14-7-9-24-10-8-14/h1-11,19H,12H2,(H2,25,26,27). The molecule has 0 saturated carbocycles. The van der Waals surface area contributed by atoms with Crippen LogP contribution in [0.4, 0.5) is 23.7 Å². The van der Waals surface area contributed by atoms with Gasteiger partial charge in [-0.25, -0.2) is 9.18 Å². The fourth-order valence-electron chi connectivity index (χ4n) is 2.44. The summed E-state index contributed by atoms with van der Waals surface area (Å²) in [6.45, 7) is -3.44. The maximum atomic E-state index is 13.9. The van der Waals surface area contributed by atoms with E-state index in [0.717, 1.165) is 6.07 Å². The number of hydrogen-bond donors (Lipinski definition) is 2. The number of alkyl halides is 2. The van der Waals surface area contributed by atoms with Crippen LogP contribution in [0, 0.1) is 5.82 Å². The van der Waals surface area contributed by atoms with Crippen molar-refractivity contribution in [2.45, 2.75) is 13.2 Å². The number of anilines is 1. The van der Waals surface area contributed by atoms with Gasteiger partial charge in [0.15, 0.2) is 0 Å². The van der Waals surface area contributed by atoms with Crippen molar-refractivity contribution in [1.82, 2.24) is 10.3 Å². The first-order chi connectivity index (χ1) is 14.0. The molecule has 29 heavy (non-hydrogen) atoms. The van der Waals surface area contributed by atoms with Crippen molar-refractivity contribution in [3.63, 3.8) is 0 Å². The Morgan fingerprint density at radius 3 is 2.55 bits per heavy atom. The molecule has 150 valence electrons. The van der Waals surface area contributed by atoms with E-state index < -0.39 is 18.5 Å². The highest BCUT2D eigenvalue weighted by molar-refractivity contribution is 5.89. The predicted molar refractivity (Wildman–Crippen MR) is 99.6 cm³/mol. The number of benzene rings is 2. The van der Waals surface area contributed by atoms with Crippen LogP contribution >= 0.6 is 0 Å². The number of carbonyl (C=O) groups is 1. The highest BCUT2D eigenvalue weighted by Crippen LogP contribution is 2.24. The monoisotopic (exact) mass is 403 g/mol. The fraction of sp³-hybridized carbons (Fsp3) is 0.100. The second kappa shape index (κ2) is 9.45. The topological polar surface area (TPSA) is 72.5 Å². The summed E-state index contributed by atoms with van der Waals surface area (Å²) in [7, 11) is 0. The van der Waals surface area contributed by atoms with E-state index in [1.807, 2.05) is 0 Å². The molecule has 0 aliphatic heterocycles. The molecule has 0 atom stereocenters. The Morgan fingerprint density at radius 1 is 1.03 bits per heavy atom. The Labute approximate surface area is 164 Å². The van der Waals surface area contributed by atoms with Gasteiger partial charge in [0.1, 0.15) is 23.1 Å². The number of ether oxygens (including phenoxy) is 2. The number of aromatic nitrogens is 1. The lowest BCUT2D eigenvalue weighted by Gasteiger charge is -2.13. The lowest BCUT2D eigenvalue weighted by Crippen LogP contribution is -2.28. The first-order valence-electron chi connectivity index (χ1n) is 8.46. The molecule has 9 heteroatoms. The average molecular weight is 403 g/mol. The smallest absolute Gasteiger partial charge is 0.387 e. The number of carbonyl (C=O) groups excluding carboxylic acids is 1. The van der Waals surface area contributed by atoms with Gasteiger partial charge in [-0.1, -0.05) is 12.1 Å². The molecule has 0 fully saturated rings. The molecule has 2 N–H and O–H groups in total. The molecule has 0 aliphatic carbocycles. The Bertz CT molecular complexity index is 971. The highest BCUT2D eigenvalue weighted by atomic mass is 19.3. The summed E-state index contributed by atoms with van der Waals surface area (Å²) in [5.74, 6) is -0.0484. The van der Waals surface area contributed by atoms with Crippen molar-refractivity contribution in [3.8, 4) is 17.2 Å². The molecule has 1 heterocycles. The quantitative estimate of drug-likeness (QED) is 0.586. The summed E-state index contributed by atoms with van der Waals surface area (Å²) in [5.41, 5.74) is 0.240. The van der Waals surface area contributed by atoms with Gasteiger partial charge in [-0.15, -0.1) is 0 Å². The van der Waals surface area contributed by atoms with Crippen LogP contribution in [0.2, 0.25) is 0 Å². The van der Waals surface area contributed by atoms with Gasteiger partial charge < -0.3 is 20.1 Å². The number of urea groups is 1. The number of nitrogens with one attached hydrogen (secondary N) is 2. The van der Waals surface area contributed by atoms with Gasteiger partial charge >= 0.3 is 12.6 Å². The van der Waals surface area contributed by atoms with Crippen molar-refractivity contribution in [2.75, 3.05) is 5.32 Å². The van der Waals surface area contributed by atoms with Crippen molar-refractivity contribution in [2.24, 2.45) is 0 Å². The van der Waals surface area contributed by atoms with Crippen LogP contribution in [0.15, 0.2) is 67.0 Å². The highest BCUT2D eigenvalue weighted by Gasteiger charge is 2.14. The Hall–Kier alpha value is -3.75.